The Balaban J connectivity index is 1.17. The lowest BCUT2D eigenvalue weighted by atomic mass is 9.75. The van der Waals surface area contributed by atoms with Gasteiger partial charge >= 0.3 is 6.09 Å². The highest BCUT2D eigenvalue weighted by Crippen LogP contribution is 2.45. The summed E-state index contributed by atoms with van der Waals surface area (Å²) in [6.07, 6.45) is 3.51. The van der Waals surface area contributed by atoms with Crippen LogP contribution in [0.15, 0.2) is 66.7 Å². The number of piperidine rings is 2. The summed E-state index contributed by atoms with van der Waals surface area (Å²) in [7, 11) is 1.38. The number of carbonyl (C=O) groups is 2. The predicted molar refractivity (Wildman–Crippen MR) is 138 cm³/mol. The van der Waals surface area contributed by atoms with Crippen LogP contribution >= 0.6 is 0 Å². The highest BCUT2D eigenvalue weighted by molar-refractivity contribution is 6.00. The minimum Gasteiger partial charge on any atom is -0.493 e. The third kappa shape index (κ3) is 4.08. The van der Waals surface area contributed by atoms with E-state index in [2.05, 4.69) is 24.3 Å². The number of para-hydroxylation sites is 1. The maximum absolute atomic E-state index is 14.2. The van der Waals surface area contributed by atoms with E-state index >= 15 is 0 Å². The first-order valence-corrected chi connectivity index (χ1v) is 13.1. The first-order chi connectivity index (χ1) is 18.1. The normalized spacial score (nSPS) is 22.2. The minimum atomic E-state index is -0.537. The van der Waals surface area contributed by atoms with Crippen LogP contribution in [0, 0.1) is 11.7 Å². The molecule has 3 aliphatic rings. The second kappa shape index (κ2) is 9.66. The molecule has 3 aromatic rings. The van der Waals surface area contributed by atoms with Gasteiger partial charge in [-0.1, -0.05) is 54.6 Å². The van der Waals surface area contributed by atoms with Crippen LogP contribution in [0.25, 0.3) is 11.1 Å². The van der Waals surface area contributed by atoms with E-state index in [4.69, 9.17) is 9.47 Å². The van der Waals surface area contributed by atoms with Gasteiger partial charge in [-0.2, -0.15) is 0 Å². The Morgan fingerprint density at radius 2 is 1.51 bits per heavy atom. The van der Waals surface area contributed by atoms with E-state index in [1.54, 1.807) is 6.07 Å². The zero-order valence-corrected chi connectivity index (χ0v) is 20.9. The Kier molecular flexibility index (Phi) is 6.19. The maximum atomic E-state index is 14.2. The van der Waals surface area contributed by atoms with Crippen LogP contribution < -0.4 is 4.74 Å². The third-order valence-corrected chi connectivity index (χ3v) is 8.33. The summed E-state index contributed by atoms with van der Waals surface area (Å²) in [6, 6.07) is 20.9. The Hall–Kier alpha value is -3.67. The van der Waals surface area contributed by atoms with Gasteiger partial charge in [0, 0.05) is 23.9 Å². The molecule has 2 aliphatic heterocycles. The quantitative estimate of drug-likeness (QED) is 0.371. The Morgan fingerprint density at radius 3 is 2.14 bits per heavy atom. The number of nitrogens with zero attached hydrogens (tertiary/aromatic N) is 1. The molecular weight excluding hydrogens is 469 g/mol. The molecule has 0 saturated carbocycles. The van der Waals surface area contributed by atoms with Gasteiger partial charge in [0.2, 0.25) is 0 Å². The standard InChI is InChI=1S/C31H30FNO4/c1-36-30-26(14-7-15-28(30)32)29(34)19-16-20-8-6-9-21(17-19)33(20)31(35)37-18-27-24-12-4-2-10-22(24)23-11-3-5-13-25(23)27/h2-5,7,10-15,19-21,27H,6,8-9,16-18H2,1H3. The van der Waals surface area contributed by atoms with E-state index < -0.39 is 5.82 Å². The number of ketones is 1. The minimum absolute atomic E-state index is 0.00313. The van der Waals surface area contributed by atoms with Gasteiger partial charge in [-0.3, -0.25) is 4.79 Å². The van der Waals surface area contributed by atoms with Crippen LogP contribution in [0.5, 0.6) is 5.75 Å². The summed E-state index contributed by atoms with van der Waals surface area (Å²) in [5, 5.41) is 0. The molecule has 0 N–H and O–H groups in total. The average Bonchev–Trinajstić information content (AvgIpc) is 3.24. The molecule has 6 rings (SSSR count). The molecule has 3 aromatic carbocycles. The lowest BCUT2D eigenvalue weighted by Crippen LogP contribution is -2.55. The van der Waals surface area contributed by atoms with E-state index in [0.29, 0.717) is 12.8 Å². The maximum Gasteiger partial charge on any atom is 0.410 e. The molecule has 2 fully saturated rings. The number of benzene rings is 3. The summed E-state index contributed by atoms with van der Waals surface area (Å²) >= 11 is 0. The van der Waals surface area contributed by atoms with Gasteiger partial charge in [-0.05, 0) is 66.5 Å². The average molecular weight is 500 g/mol. The first kappa shape index (κ1) is 23.7. The number of ether oxygens (including phenoxy) is 2. The first-order valence-electron chi connectivity index (χ1n) is 13.1. The lowest BCUT2D eigenvalue weighted by Gasteiger charge is -2.47. The molecule has 0 radical (unpaired) electrons. The molecule has 2 unspecified atom stereocenters. The molecule has 5 nitrogen and oxygen atoms in total. The van der Waals surface area contributed by atoms with Gasteiger partial charge in [0.25, 0.3) is 0 Å². The van der Waals surface area contributed by atoms with E-state index in [1.807, 2.05) is 29.2 Å². The van der Waals surface area contributed by atoms with Crippen LogP contribution in [-0.4, -0.2) is 42.6 Å². The number of hydrogen-bond acceptors (Lipinski definition) is 4. The molecule has 37 heavy (non-hydrogen) atoms. The molecule has 190 valence electrons. The molecule has 2 heterocycles. The van der Waals surface area contributed by atoms with Crippen molar-refractivity contribution in [2.75, 3.05) is 13.7 Å². The number of Topliss-reactive ketones (excluding diaryl/α,β-unsaturated/α-hetero) is 1. The van der Waals surface area contributed by atoms with Crippen LogP contribution in [0.1, 0.15) is 59.5 Å². The zero-order valence-electron chi connectivity index (χ0n) is 20.9. The topological polar surface area (TPSA) is 55.8 Å². The SMILES string of the molecule is COc1c(F)cccc1C(=O)C1CC2CCCC(C1)N2C(=O)OCC1c2ccccc2-c2ccccc21. The fourth-order valence-corrected chi connectivity index (χ4v) is 6.69. The van der Waals surface area contributed by atoms with Crippen LogP contribution in [0.2, 0.25) is 0 Å². The van der Waals surface area contributed by atoms with Gasteiger partial charge in [-0.15, -0.1) is 0 Å². The highest BCUT2D eigenvalue weighted by atomic mass is 19.1. The summed E-state index contributed by atoms with van der Waals surface area (Å²) in [5.41, 5.74) is 5.04. The van der Waals surface area contributed by atoms with E-state index in [0.717, 1.165) is 19.3 Å². The van der Waals surface area contributed by atoms with E-state index in [-0.39, 0.29) is 53.7 Å². The lowest BCUT2D eigenvalue weighted by molar-refractivity contribution is 0.00644. The number of rotatable bonds is 5. The molecule has 0 spiro atoms. The number of carbonyl (C=O) groups excluding carboxylic acids is 2. The molecule has 2 saturated heterocycles. The number of fused-ring (bicyclic) bond motifs is 5. The Bertz CT molecular complexity index is 1300. The molecule has 2 bridgehead atoms. The van der Waals surface area contributed by atoms with Gasteiger partial charge in [0.1, 0.15) is 6.61 Å². The van der Waals surface area contributed by atoms with Crippen molar-refractivity contribution in [3.05, 3.63) is 89.2 Å². The molecular formula is C31H30FNO4. The smallest absolute Gasteiger partial charge is 0.410 e. The van der Waals surface area contributed by atoms with Crippen molar-refractivity contribution < 1.29 is 23.5 Å². The molecule has 1 aliphatic carbocycles. The number of amides is 1. The van der Waals surface area contributed by atoms with Crippen molar-refractivity contribution in [2.45, 2.75) is 50.1 Å². The van der Waals surface area contributed by atoms with Crippen molar-refractivity contribution in [2.24, 2.45) is 5.92 Å². The second-order valence-electron chi connectivity index (χ2n) is 10.3. The molecule has 2 atom stereocenters. The van der Waals surface area contributed by atoms with E-state index in [1.165, 1.54) is 41.5 Å². The van der Waals surface area contributed by atoms with Gasteiger partial charge in [0.15, 0.2) is 17.3 Å². The fraction of sp³-hybridized carbons (Fsp3) is 0.355. The Labute approximate surface area is 216 Å². The van der Waals surface area contributed by atoms with Crippen molar-refractivity contribution >= 4 is 11.9 Å². The Morgan fingerprint density at radius 1 is 0.892 bits per heavy atom. The van der Waals surface area contributed by atoms with Crippen molar-refractivity contribution in [1.29, 1.82) is 0 Å². The molecule has 0 aromatic heterocycles. The second-order valence-corrected chi connectivity index (χ2v) is 10.3. The van der Waals surface area contributed by atoms with Crippen LogP contribution in [0.3, 0.4) is 0 Å². The molecule has 6 heteroatoms. The summed E-state index contributed by atoms with van der Waals surface area (Å²) in [5.74, 6) is -0.916. The number of hydrogen-bond donors (Lipinski definition) is 0. The van der Waals surface area contributed by atoms with Gasteiger partial charge in [0.05, 0.1) is 12.7 Å². The number of methoxy groups -OCH3 is 1. The molecule has 1 amide bonds. The van der Waals surface area contributed by atoms with Gasteiger partial charge < -0.3 is 14.4 Å². The highest BCUT2D eigenvalue weighted by Gasteiger charge is 2.44. The van der Waals surface area contributed by atoms with Crippen LogP contribution in [-0.2, 0) is 4.74 Å². The predicted octanol–water partition coefficient (Wildman–Crippen LogP) is 6.60. The van der Waals surface area contributed by atoms with Crippen molar-refractivity contribution in [3.8, 4) is 16.9 Å². The van der Waals surface area contributed by atoms with E-state index in [9.17, 15) is 14.0 Å². The monoisotopic (exact) mass is 499 g/mol. The fourth-order valence-electron chi connectivity index (χ4n) is 6.69. The van der Waals surface area contributed by atoms with Crippen molar-refractivity contribution in [3.63, 3.8) is 0 Å². The third-order valence-electron chi connectivity index (χ3n) is 8.33. The summed E-state index contributed by atoms with van der Waals surface area (Å²) < 4.78 is 25.4. The zero-order chi connectivity index (χ0) is 25.5. The van der Waals surface area contributed by atoms with Gasteiger partial charge in [-0.25, -0.2) is 9.18 Å². The largest absolute Gasteiger partial charge is 0.493 e. The van der Waals surface area contributed by atoms with Crippen molar-refractivity contribution in [1.82, 2.24) is 4.90 Å². The summed E-state index contributed by atoms with van der Waals surface area (Å²) in [6.45, 7) is 0.283. The van der Waals surface area contributed by atoms with Crippen LogP contribution in [0.4, 0.5) is 9.18 Å². The number of halogens is 1. The summed E-state index contributed by atoms with van der Waals surface area (Å²) in [4.78, 5) is 28.7.